The highest BCUT2D eigenvalue weighted by atomic mass is 19.1. The topological polar surface area (TPSA) is 38.8 Å². The molecule has 2 aliphatic heterocycles. The summed E-state index contributed by atoms with van der Waals surface area (Å²) in [5.74, 6) is -0.363. The van der Waals surface area contributed by atoms with Gasteiger partial charge in [-0.2, -0.15) is 0 Å². The van der Waals surface area contributed by atoms with Gasteiger partial charge in [0.1, 0.15) is 11.9 Å². The van der Waals surface area contributed by atoms with Crippen LogP contribution in [0.5, 0.6) is 5.75 Å². The Morgan fingerprint density at radius 3 is 2.28 bits per heavy atom. The first-order valence-corrected chi connectivity index (χ1v) is 11.6. The maximum absolute atomic E-state index is 14.7. The molecule has 6 heteroatoms. The summed E-state index contributed by atoms with van der Waals surface area (Å²) >= 11 is 0. The van der Waals surface area contributed by atoms with E-state index in [2.05, 4.69) is 0 Å². The van der Waals surface area contributed by atoms with Crippen LogP contribution in [0.2, 0.25) is 0 Å². The summed E-state index contributed by atoms with van der Waals surface area (Å²) in [6.07, 6.45) is 5.18. The summed E-state index contributed by atoms with van der Waals surface area (Å²) < 4.78 is 40.6. The van der Waals surface area contributed by atoms with Crippen LogP contribution in [0.3, 0.4) is 0 Å². The number of amides is 1. The fourth-order valence-electron chi connectivity index (χ4n) is 5.79. The number of carbonyl (C=O) groups is 1. The summed E-state index contributed by atoms with van der Waals surface area (Å²) in [6, 6.07) is 13.1. The molecule has 2 heterocycles. The van der Waals surface area contributed by atoms with Crippen LogP contribution in [-0.2, 0) is 14.9 Å². The average molecular weight is 442 g/mol. The van der Waals surface area contributed by atoms with Gasteiger partial charge in [0.15, 0.2) is 11.6 Å². The Kier molecular flexibility index (Phi) is 5.66. The number of likely N-dealkylation sites (tertiary alicyclic amines) is 1. The molecule has 1 amide bonds. The summed E-state index contributed by atoms with van der Waals surface area (Å²) in [5, 5.41) is 0. The number of rotatable bonds is 4. The van der Waals surface area contributed by atoms with Gasteiger partial charge in [-0.3, -0.25) is 4.79 Å². The molecule has 1 spiro atoms. The zero-order chi connectivity index (χ0) is 22.2. The number of benzene rings is 2. The molecule has 5 rings (SSSR count). The molecule has 2 aromatic carbocycles. The first-order chi connectivity index (χ1) is 15.5. The number of nitrogens with zero attached hydrogens (tertiary/aromatic N) is 1. The Labute approximate surface area is 187 Å². The smallest absolute Gasteiger partial charge is 0.233 e. The second kappa shape index (κ2) is 8.47. The summed E-state index contributed by atoms with van der Waals surface area (Å²) in [6.45, 7) is 1.59. The number of carbonyl (C=O) groups excluding carboxylic acids is 1. The summed E-state index contributed by atoms with van der Waals surface area (Å²) in [5.41, 5.74) is -0.547. The zero-order valence-electron chi connectivity index (χ0n) is 18.2. The Morgan fingerprint density at radius 2 is 1.59 bits per heavy atom. The molecule has 2 aromatic rings. The van der Waals surface area contributed by atoms with E-state index in [1.165, 1.54) is 12.1 Å². The lowest BCUT2D eigenvalue weighted by Gasteiger charge is -2.42. The molecule has 32 heavy (non-hydrogen) atoms. The fourth-order valence-corrected chi connectivity index (χ4v) is 5.79. The summed E-state index contributed by atoms with van der Waals surface area (Å²) in [4.78, 5) is 15.6. The molecular formula is C26H29F2NO3. The molecule has 0 bridgehead atoms. The van der Waals surface area contributed by atoms with E-state index in [9.17, 15) is 13.6 Å². The molecule has 0 aromatic heterocycles. The van der Waals surface area contributed by atoms with E-state index in [0.717, 1.165) is 12.8 Å². The van der Waals surface area contributed by atoms with Crippen molar-refractivity contribution in [3.8, 4) is 5.75 Å². The molecule has 1 saturated carbocycles. The van der Waals surface area contributed by atoms with Crippen molar-refractivity contribution in [3.05, 3.63) is 65.7 Å². The predicted octanol–water partition coefficient (Wildman–Crippen LogP) is 5.01. The first kappa shape index (κ1) is 21.4. The maximum Gasteiger partial charge on any atom is 0.233 e. The number of hydrogen-bond donors (Lipinski definition) is 0. The SMILES string of the molecule is O=C(N1CCC2(CC1)CC(Oc1ccccc1F)CO2)C1(c2ccccc2F)CCCC1. The van der Waals surface area contributed by atoms with Crippen molar-refractivity contribution in [2.24, 2.45) is 0 Å². The average Bonchev–Trinajstić information content (AvgIpc) is 3.44. The quantitative estimate of drug-likeness (QED) is 0.670. The van der Waals surface area contributed by atoms with Gasteiger partial charge < -0.3 is 14.4 Å². The molecule has 1 atom stereocenters. The Balaban J connectivity index is 1.25. The van der Waals surface area contributed by atoms with Crippen molar-refractivity contribution in [2.75, 3.05) is 19.7 Å². The van der Waals surface area contributed by atoms with E-state index in [4.69, 9.17) is 9.47 Å². The van der Waals surface area contributed by atoms with Gasteiger partial charge in [-0.1, -0.05) is 43.2 Å². The number of para-hydroxylation sites is 1. The predicted molar refractivity (Wildman–Crippen MR) is 116 cm³/mol. The fraction of sp³-hybridized carbons (Fsp3) is 0.500. The third-order valence-corrected chi connectivity index (χ3v) is 7.52. The highest BCUT2D eigenvalue weighted by molar-refractivity contribution is 5.89. The van der Waals surface area contributed by atoms with Gasteiger partial charge in [-0.15, -0.1) is 0 Å². The molecule has 1 aliphatic carbocycles. The van der Waals surface area contributed by atoms with Crippen molar-refractivity contribution in [2.45, 2.75) is 62.1 Å². The van der Waals surface area contributed by atoms with Crippen molar-refractivity contribution in [3.63, 3.8) is 0 Å². The minimum atomic E-state index is -0.747. The van der Waals surface area contributed by atoms with Crippen LogP contribution in [0.4, 0.5) is 8.78 Å². The lowest BCUT2D eigenvalue weighted by Crippen LogP contribution is -2.52. The van der Waals surface area contributed by atoms with Gasteiger partial charge in [0.25, 0.3) is 0 Å². The van der Waals surface area contributed by atoms with Gasteiger partial charge >= 0.3 is 0 Å². The lowest BCUT2D eigenvalue weighted by atomic mass is 9.76. The van der Waals surface area contributed by atoms with Crippen LogP contribution < -0.4 is 4.74 Å². The van der Waals surface area contributed by atoms with Crippen LogP contribution in [0.1, 0.15) is 50.5 Å². The van der Waals surface area contributed by atoms with Crippen molar-refractivity contribution in [1.29, 1.82) is 0 Å². The third kappa shape index (κ3) is 3.79. The van der Waals surface area contributed by atoms with E-state index in [-0.39, 0.29) is 35.0 Å². The molecule has 1 unspecified atom stereocenters. The highest BCUT2D eigenvalue weighted by Gasteiger charge is 2.50. The van der Waals surface area contributed by atoms with Crippen LogP contribution in [0, 0.1) is 11.6 Å². The minimum Gasteiger partial charge on any atom is -0.485 e. The normalized spacial score (nSPS) is 24.1. The van der Waals surface area contributed by atoms with Crippen molar-refractivity contribution in [1.82, 2.24) is 4.90 Å². The lowest BCUT2D eigenvalue weighted by molar-refractivity contribution is -0.142. The molecule has 0 N–H and O–H groups in total. The monoisotopic (exact) mass is 441 g/mol. The van der Waals surface area contributed by atoms with Crippen LogP contribution >= 0.6 is 0 Å². The number of hydrogen-bond acceptors (Lipinski definition) is 3. The van der Waals surface area contributed by atoms with Crippen molar-refractivity contribution >= 4 is 5.91 Å². The number of halogens is 2. The standard InChI is InChI=1S/C26H29F2NO3/c27-21-8-2-1-7-20(21)26(11-5-6-12-26)24(30)29-15-13-25(14-16-29)17-19(18-31-25)32-23-10-4-3-9-22(23)28/h1-4,7-10,19H,5-6,11-18H2. The number of piperidine rings is 1. The molecule has 3 fully saturated rings. The molecular weight excluding hydrogens is 412 g/mol. The first-order valence-electron chi connectivity index (χ1n) is 11.6. The molecule has 4 nitrogen and oxygen atoms in total. The van der Waals surface area contributed by atoms with Crippen LogP contribution in [0.25, 0.3) is 0 Å². The van der Waals surface area contributed by atoms with Gasteiger partial charge in [-0.05, 0) is 43.9 Å². The van der Waals surface area contributed by atoms with Gasteiger partial charge in [-0.25, -0.2) is 8.78 Å². The van der Waals surface area contributed by atoms with E-state index in [0.29, 0.717) is 57.4 Å². The molecule has 170 valence electrons. The molecule has 2 saturated heterocycles. The van der Waals surface area contributed by atoms with Gasteiger partial charge in [0, 0.05) is 25.1 Å². The molecule has 0 radical (unpaired) electrons. The number of ether oxygens (including phenoxy) is 2. The summed E-state index contributed by atoms with van der Waals surface area (Å²) in [7, 11) is 0. The Bertz CT molecular complexity index is 981. The molecule has 3 aliphatic rings. The Morgan fingerprint density at radius 1 is 0.938 bits per heavy atom. The van der Waals surface area contributed by atoms with Crippen LogP contribution in [0.15, 0.2) is 48.5 Å². The van der Waals surface area contributed by atoms with E-state index >= 15 is 0 Å². The van der Waals surface area contributed by atoms with E-state index in [1.807, 2.05) is 11.0 Å². The van der Waals surface area contributed by atoms with Gasteiger partial charge in [0.2, 0.25) is 5.91 Å². The zero-order valence-corrected chi connectivity index (χ0v) is 18.2. The van der Waals surface area contributed by atoms with E-state index in [1.54, 1.807) is 30.3 Å². The van der Waals surface area contributed by atoms with Gasteiger partial charge in [0.05, 0.1) is 17.6 Å². The minimum absolute atomic E-state index is 0.0482. The van der Waals surface area contributed by atoms with Crippen LogP contribution in [-0.4, -0.2) is 42.2 Å². The third-order valence-electron chi connectivity index (χ3n) is 7.52. The van der Waals surface area contributed by atoms with E-state index < -0.39 is 5.41 Å². The second-order valence-corrected chi connectivity index (χ2v) is 9.43. The van der Waals surface area contributed by atoms with Crippen molar-refractivity contribution < 1.29 is 23.0 Å². The Hall–Kier alpha value is -2.47. The maximum atomic E-state index is 14.7. The highest BCUT2D eigenvalue weighted by Crippen LogP contribution is 2.45. The largest absolute Gasteiger partial charge is 0.485 e. The second-order valence-electron chi connectivity index (χ2n) is 9.43.